The molecule has 0 saturated carbocycles. The molecule has 2 aromatic carbocycles. The Morgan fingerprint density at radius 2 is 1.69 bits per heavy atom. The molecule has 0 atom stereocenters. The second-order valence-corrected chi connectivity index (χ2v) is 7.22. The molecule has 0 bridgehead atoms. The number of benzene rings is 2. The normalized spacial score (nSPS) is 10.6. The number of carbonyl (C=O) groups is 2. The van der Waals surface area contributed by atoms with E-state index in [9.17, 15) is 9.59 Å². The first kappa shape index (κ1) is 20.6. The number of nitrogens with zero attached hydrogens (tertiary/aromatic N) is 4. The highest BCUT2D eigenvalue weighted by atomic mass is 35.5. The van der Waals surface area contributed by atoms with Crippen molar-refractivity contribution >= 4 is 23.4 Å². The largest absolute Gasteiger partial charge is 0.345 e. The van der Waals surface area contributed by atoms with Gasteiger partial charge in [-0.25, -0.2) is 4.68 Å². The Balaban J connectivity index is 1.74. The molecule has 0 N–H and O–H groups in total. The number of halogens is 1. The molecule has 1 heterocycles. The number of carbonyl (C=O) groups excluding carboxylic acids is 2. The summed E-state index contributed by atoms with van der Waals surface area (Å²) in [6.45, 7) is 2.90. The Morgan fingerprint density at radius 3 is 2.31 bits per heavy atom. The van der Waals surface area contributed by atoms with Crippen LogP contribution in [-0.4, -0.2) is 52.0 Å². The molecule has 0 saturated heterocycles. The lowest BCUT2D eigenvalue weighted by atomic mass is 10.1. The maximum absolute atomic E-state index is 12.9. The zero-order chi connectivity index (χ0) is 21.0. The van der Waals surface area contributed by atoms with Gasteiger partial charge in [0.1, 0.15) is 0 Å². The summed E-state index contributed by atoms with van der Waals surface area (Å²) in [7, 11) is 3.44. The molecule has 6 nitrogen and oxygen atoms in total. The standard InChI is InChI=1S/C22H23ClN4O2/c1-4-26(15-16-9-11-17(12-10-16)21(28)25(2)3)22(29)19-13-14-27(24-19)20-8-6-5-7-18(20)23/h5-14H,4,15H2,1-3H3. The van der Waals surface area contributed by atoms with Gasteiger partial charge in [0.2, 0.25) is 0 Å². The summed E-state index contributed by atoms with van der Waals surface area (Å²) in [5, 5.41) is 4.96. The van der Waals surface area contributed by atoms with E-state index in [0.29, 0.717) is 29.4 Å². The van der Waals surface area contributed by atoms with E-state index in [2.05, 4.69) is 5.10 Å². The monoisotopic (exact) mass is 410 g/mol. The lowest BCUT2D eigenvalue weighted by Gasteiger charge is -2.20. The van der Waals surface area contributed by atoms with E-state index in [1.54, 1.807) is 54.1 Å². The molecule has 7 heteroatoms. The van der Waals surface area contributed by atoms with Gasteiger partial charge in [0.15, 0.2) is 5.69 Å². The fourth-order valence-corrected chi connectivity index (χ4v) is 3.15. The van der Waals surface area contributed by atoms with Crippen LogP contribution in [0.4, 0.5) is 0 Å². The molecule has 0 spiro atoms. The van der Waals surface area contributed by atoms with Crippen molar-refractivity contribution in [3.8, 4) is 5.69 Å². The van der Waals surface area contributed by atoms with E-state index in [4.69, 9.17) is 11.6 Å². The molecule has 0 unspecified atom stereocenters. The van der Waals surface area contributed by atoms with Crippen molar-refractivity contribution in [2.45, 2.75) is 13.5 Å². The quantitative estimate of drug-likeness (QED) is 0.619. The summed E-state index contributed by atoms with van der Waals surface area (Å²) in [6.07, 6.45) is 1.73. The number of hydrogen-bond acceptors (Lipinski definition) is 3. The molecule has 3 rings (SSSR count). The molecule has 0 aliphatic carbocycles. The minimum absolute atomic E-state index is 0.0508. The van der Waals surface area contributed by atoms with Gasteiger partial charge in [-0.1, -0.05) is 35.9 Å². The van der Waals surface area contributed by atoms with E-state index in [1.807, 2.05) is 37.3 Å². The van der Waals surface area contributed by atoms with Crippen molar-refractivity contribution in [1.82, 2.24) is 19.6 Å². The maximum atomic E-state index is 12.9. The van der Waals surface area contributed by atoms with E-state index >= 15 is 0 Å². The first-order chi connectivity index (χ1) is 13.9. The third-order valence-corrected chi connectivity index (χ3v) is 4.88. The van der Waals surface area contributed by atoms with Crippen molar-refractivity contribution in [1.29, 1.82) is 0 Å². The summed E-state index contributed by atoms with van der Waals surface area (Å²) in [5.41, 5.74) is 2.64. The summed E-state index contributed by atoms with van der Waals surface area (Å²) >= 11 is 6.22. The first-order valence-corrected chi connectivity index (χ1v) is 9.69. The first-order valence-electron chi connectivity index (χ1n) is 9.31. The van der Waals surface area contributed by atoms with Gasteiger partial charge in [-0.2, -0.15) is 5.10 Å². The van der Waals surface area contributed by atoms with E-state index in [1.165, 1.54) is 4.90 Å². The number of para-hydroxylation sites is 1. The van der Waals surface area contributed by atoms with E-state index in [-0.39, 0.29) is 11.8 Å². The van der Waals surface area contributed by atoms with Gasteiger partial charge in [-0.3, -0.25) is 9.59 Å². The molecule has 2 amide bonds. The molecule has 150 valence electrons. The number of aromatic nitrogens is 2. The molecule has 0 fully saturated rings. The van der Waals surface area contributed by atoms with Crippen LogP contribution in [0.3, 0.4) is 0 Å². The van der Waals surface area contributed by atoms with Crippen molar-refractivity contribution < 1.29 is 9.59 Å². The number of hydrogen-bond donors (Lipinski definition) is 0. The van der Waals surface area contributed by atoms with Gasteiger partial charge >= 0.3 is 0 Å². The van der Waals surface area contributed by atoms with Crippen LogP contribution >= 0.6 is 11.6 Å². The average Bonchev–Trinajstić information content (AvgIpc) is 3.21. The van der Waals surface area contributed by atoms with Crippen LogP contribution in [0.5, 0.6) is 0 Å². The van der Waals surface area contributed by atoms with Crippen LogP contribution < -0.4 is 0 Å². The smallest absolute Gasteiger partial charge is 0.274 e. The van der Waals surface area contributed by atoms with Gasteiger partial charge < -0.3 is 9.80 Å². The molecule has 0 aliphatic rings. The second kappa shape index (κ2) is 8.92. The Bertz CT molecular complexity index is 1010. The zero-order valence-corrected chi connectivity index (χ0v) is 17.4. The van der Waals surface area contributed by atoms with Gasteiger partial charge in [0.25, 0.3) is 11.8 Å². The predicted molar refractivity (Wildman–Crippen MR) is 113 cm³/mol. The average molecular weight is 411 g/mol. The third-order valence-electron chi connectivity index (χ3n) is 4.56. The molecule has 29 heavy (non-hydrogen) atoms. The Hall–Kier alpha value is -3.12. The molecular weight excluding hydrogens is 388 g/mol. The predicted octanol–water partition coefficient (Wildman–Crippen LogP) is 3.89. The molecule has 0 radical (unpaired) electrons. The fraction of sp³-hybridized carbons (Fsp3) is 0.227. The lowest BCUT2D eigenvalue weighted by molar-refractivity contribution is 0.0745. The molecule has 1 aromatic heterocycles. The van der Waals surface area contributed by atoms with Gasteiger partial charge in [0.05, 0.1) is 10.7 Å². The maximum Gasteiger partial charge on any atom is 0.274 e. The summed E-state index contributed by atoms with van der Waals surface area (Å²) < 4.78 is 1.60. The van der Waals surface area contributed by atoms with Crippen LogP contribution in [-0.2, 0) is 6.54 Å². The minimum Gasteiger partial charge on any atom is -0.345 e. The summed E-state index contributed by atoms with van der Waals surface area (Å²) in [5.74, 6) is -0.211. The van der Waals surface area contributed by atoms with Crippen molar-refractivity contribution in [2.24, 2.45) is 0 Å². The van der Waals surface area contributed by atoms with Gasteiger partial charge in [-0.15, -0.1) is 0 Å². The van der Waals surface area contributed by atoms with Crippen LogP contribution in [0, 0.1) is 0 Å². The SMILES string of the molecule is CCN(Cc1ccc(C(=O)N(C)C)cc1)C(=O)c1ccn(-c2ccccc2Cl)n1. The Morgan fingerprint density at radius 1 is 1.00 bits per heavy atom. The van der Waals surface area contributed by atoms with Crippen molar-refractivity contribution in [2.75, 3.05) is 20.6 Å². The van der Waals surface area contributed by atoms with E-state index in [0.717, 1.165) is 11.3 Å². The number of rotatable bonds is 6. The van der Waals surface area contributed by atoms with Crippen LogP contribution in [0.15, 0.2) is 60.8 Å². The van der Waals surface area contributed by atoms with Crippen molar-refractivity contribution in [3.63, 3.8) is 0 Å². The Kier molecular flexibility index (Phi) is 6.34. The third kappa shape index (κ3) is 4.66. The van der Waals surface area contributed by atoms with Gasteiger partial charge in [0, 0.05) is 38.9 Å². The van der Waals surface area contributed by atoms with Crippen LogP contribution in [0.1, 0.15) is 33.3 Å². The molecular formula is C22H23ClN4O2. The minimum atomic E-state index is -0.160. The summed E-state index contributed by atoms with van der Waals surface area (Å²) in [4.78, 5) is 28.2. The lowest BCUT2D eigenvalue weighted by Crippen LogP contribution is -2.30. The van der Waals surface area contributed by atoms with Crippen LogP contribution in [0.2, 0.25) is 5.02 Å². The van der Waals surface area contributed by atoms with Gasteiger partial charge in [-0.05, 0) is 42.8 Å². The topological polar surface area (TPSA) is 58.4 Å². The Labute approximate surface area is 175 Å². The molecule has 3 aromatic rings. The highest BCUT2D eigenvalue weighted by Gasteiger charge is 2.18. The highest BCUT2D eigenvalue weighted by molar-refractivity contribution is 6.32. The summed E-state index contributed by atoms with van der Waals surface area (Å²) in [6, 6.07) is 16.3. The number of amides is 2. The second-order valence-electron chi connectivity index (χ2n) is 6.81. The van der Waals surface area contributed by atoms with E-state index < -0.39 is 0 Å². The fourth-order valence-electron chi connectivity index (χ4n) is 2.93. The zero-order valence-electron chi connectivity index (χ0n) is 16.7. The molecule has 0 aliphatic heterocycles. The van der Waals surface area contributed by atoms with Crippen molar-refractivity contribution in [3.05, 3.63) is 82.6 Å². The van der Waals surface area contributed by atoms with Crippen LogP contribution in [0.25, 0.3) is 5.69 Å². The highest BCUT2D eigenvalue weighted by Crippen LogP contribution is 2.19.